The van der Waals surface area contributed by atoms with Crippen LogP contribution in [0.3, 0.4) is 0 Å². The first-order chi connectivity index (χ1) is 6.81. The molecule has 1 heteroatoms. The highest BCUT2D eigenvalue weighted by Crippen LogP contribution is 2.17. The number of benzene rings is 1. The Kier molecular flexibility index (Phi) is 4.68. The Morgan fingerprint density at radius 3 is 2.64 bits per heavy atom. The second-order valence-electron chi connectivity index (χ2n) is 3.74. The molecule has 1 atom stereocenters. The molecule has 14 heavy (non-hydrogen) atoms. The predicted molar refractivity (Wildman–Crippen MR) is 62.5 cm³/mol. The van der Waals surface area contributed by atoms with Crippen molar-refractivity contribution in [3.05, 3.63) is 35.4 Å². The van der Waals surface area contributed by atoms with Gasteiger partial charge in [0.05, 0.1) is 0 Å². The van der Waals surface area contributed by atoms with E-state index < -0.39 is 0 Å². The van der Waals surface area contributed by atoms with Crippen LogP contribution in [0.4, 0.5) is 0 Å². The Bertz CT molecular complexity index is 264. The molecular formula is C13H21N. The molecule has 0 saturated carbocycles. The van der Waals surface area contributed by atoms with Crippen molar-refractivity contribution < 1.29 is 0 Å². The zero-order valence-electron chi connectivity index (χ0n) is 9.51. The van der Waals surface area contributed by atoms with Crippen LogP contribution in [-0.2, 0) is 6.42 Å². The lowest BCUT2D eigenvalue weighted by Gasteiger charge is -2.15. The summed E-state index contributed by atoms with van der Waals surface area (Å²) in [6.45, 7) is 4.44. The van der Waals surface area contributed by atoms with Crippen molar-refractivity contribution in [1.29, 1.82) is 0 Å². The smallest absolute Gasteiger partial charge is 0.0314 e. The van der Waals surface area contributed by atoms with E-state index in [0.29, 0.717) is 6.04 Å². The summed E-state index contributed by atoms with van der Waals surface area (Å²) in [4.78, 5) is 0. The summed E-state index contributed by atoms with van der Waals surface area (Å²) < 4.78 is 0. The van der Waals surface area contributed by atoms with E-state index in [4.69, 9.17) is 0 Å². The Hall–Kier alpha value is -0.820. The first-order valence-corrected chi connectivity index (χ1v) is 5.57. The molecule has 0 fully saturated rings. The van der Waals surface area contributed by atoms with Crippen LogP contribution in [0.5, 0.6) is 0 Å². The summed E-state index contributed by atoms with van der Waals surface area (Å²) in [5.74, 6) is 0. The van der Waals surface area contributed by atoms with Crippen molar-refractivity contribution in [3.63, 3.8) is 0 Å². The van der Waals surface area contributed by atoms with Crippen LogP contribution in [0.15, 0.2) is 24.3 Å². The van der Waals surface area contributed by atoms with E-state index in [2.05, 4.69) is 43.4 Å². The van der Waals surface area contributed by atoms with Crippen LogP contribution in [0.1, 0.15) is 43.9 Å². The second-order valence-corrected chi connectivity index (χ2v) is 3.74. The molecule has 0 radical (unpaired) electrons. The topological polar surface area (TPSA) is 12.0 Å². The van der Waals surface area contributed by atoms with E-state index in [1.165, 1.54) is 24.0 Å². The monoisotopic (exact) mass is 191 g/mol. The summed E-state index contributed by atoms with van der Waals surface area (Å²) >= 11 is 0. The molecule has 0 saturated heterocycles. The Balaban J connectivity index is 2.81. The van der Waals surface area contributed by atoms with Crippen LogP contribution in [0.25, 0.3) is 0 Å². The normalized spacial score (nSPS) is 12.8. The molecule has 0 bridgehead atoms. The third-order valence-corrected chi connectivity index (χ3v) is 2.65. The molecule has 1 aromatic rings. The molecule has 0 aliphatic heterocycles. The van der Waals surface area contributed by atoms with Crippen molar-refractivity contribution in [2.45, 2.75) is 39.2 Å². The van der Waals surface area contributed by atoms with Gasteiger partial charge in [0, 0.05) is 6.04 Å². The molecule has 1 unspecified atom stereocenters. The molecule has 0 aliphatic rings. The fourth-order valence-electron chi connectivity index (χ4n) is 1.86. The highest BCUT2D eigenvalue weighted by Gasteiger charge is 2.05. The maximum atomic E-state index is 3.34. The van der Waals surface area contributed by atoms with Gasteiger partial charge in [0.15, 0.2) is 0 Å². The molecule has 0 amide bonds. The highest BCUT2D eigenvalue weighted by molar-refractivity contribution is 5.26. The van der Waals surface area contributed by atoms with E-state index in [0.717, 1.165) is 6.42 Å². The minimum atomic E-state index is 0.506. The van der Waals surface area contributed by atoms with Crippen LogP contribution in [0, 0.1) is 0 Å². The molecule has 1 nitrogen and oxygen atoms in total. The van der Waals surface area contributed by atoms with Crippen molar-refractivity contribution in [2.24, 2.45) is 0 Å². The fraction of sp³-hybridized carbons (Fsp3) is 0.538. The first kappa shape index (κ1) is 11.3. The molecule has 1 rings (SSSR count). The lowest BCUT2D eigenvalue weighted by molar-refractivity contribution is 0.576. The lowest BCUT2D eigenvalue weighted by atomic mass is 10.0. The average molecular weight is 191 g/mol. The quantitative estimate of drug-likeness (QED) is 0.753. The summed E-state index contributed by atoms with van der Waals surface area (Å²) in [7, 11) is 2.03. The Morgan fingerprint density at radius 1 is 1.29 bits per heavy atom. The van der Waals surface area contributed by atoms with Gasteiger partial charge in [-0.15, -0.1) is 0 Å². The number of hydrogen-bond donors (Lipinski definition) is 1. The van der Waals surface area contributed by atoms with Crippen molar-refractivity contribution in [3.8, 4) is 0 Å². The van der Waals surface area contributed by atoms with Gasteiger partial charge in [0.1, 0.15) is 0 Å². The van der Waals surface area contributed by atoms with Gasteiger partial charge in [0.2, 0.25) is 0 Å². The minimum Gasteiger partial charge on any atom is -0.313 e. The van der Waals surface area contributed by atoms with Crippen LogP contribution < -0.4 is 5.32 Å². The number of hydrogen-bond acceptors (Lipinski definition) is 1. The van der Waals surface area contributed by atoms with Gasteiger partial charge >= 0.3 is 0 Å². The van der Waals surface area contributed by atoms with E-state index in [-0.39, 0.29) is 0 Å². The van der Waals surface area contributed by atoms with E-state index >= 15 is 0 Å². The van der Waals surface area contributed by atoms with Gasteiger partial charge in [-0.1, -0.05) is 44.5 Å². The SMILES string of the molecule is CCCc1cccc(C(CC)NC)c1. The van der Waals surface area contributed by atoms with Gasteiger partial charge in [-0.25, -0.2) is 0 Å². The number of aryl methyl sites for hydroxylation is 1. The third kappa shape index (κ3) is 2.85. The van der Waals surface area contributed by atoms with Crippen molar-refractivity contribution in [1.82, 2.24) is 5.32 Å². The standard InChI is InChI=1S/C13H21N/c1-4-7-11-8-6-9-12(10-11)13(5-2)14-3/h6,8-10,13-14H,4-5,7H2,1-3H3. The van der Waals surface area contributed by atoms with E-state index in [9.17, 15) is 0 Å². The first-order valence-electron chi connectivity index (χ1n) is 5.57. The Morgan fingerprint density at radius 2 is 2.07 bits per heavy atom. The number of rotatable bonds is 5. The van der Waals surface area contributed by atoms with Gasteiger partial charge in [-0.2, -0.15) is 0 Å². The van der Waals surface area contributed by atoms with Crippen LogP contribution in [-0.4, -0.2) is 7.05 Å². The van der Waals surface area contributed by atoms with Gasteiger partial charge < -0.3 is 5.32 Å². The molecule has 78 valence electrons. The van der Waals surface area contributed by atoms with Crippen LogP contribution in [0.2, 0.25) is 0 Å². The molecule has 0 heterocycles. The van der Waals surface area contributed by atoms with E-state index in [1.807, 2.05) is 7.05 Å². The molecule has 0 aliphatic carbocycles. The molecular weight excluding hydrogens is 170 g/mol. The van der Waals surface area contributed by atoms with Gasteiger partial charge in [-0.3, -0.25) is 0 Å². The minimum absolute atomic E-state index is 0.506. The molecule has 1 N–H and O–H groups in total. The second kappa shape index (κ2) is 5.82. The third-order valence-electron chi connectivity index (χ3n) is 2.65. The van der Waals surface area contributed by atoms with Crippen LogP contribution >= 0.6 is 0 Å². The molecule has 0 aromatic heterocycles. The predicted octanol–water partition coefficient (Wildman–Crippen LogP) is 3.31. The van der Waals surface area contributed by atoms with Gasteiger partial charge in [0.25, 0.3) is 0 Å². The summed E-state index contributed by atoms with van der Waals surface area (Å²) in [6, 6.07) is 9.43. The largest absolute Gasteiger partial charge is 0.313 e. The molecule has 1 aromatic carbocycles. The average Bonchev–Trinajstić information content (AvgIpc) is 2.21. The summed E-state index contributed by atoms with van der Waals surface area (Å²) in [5, 5.41) is 3.34. The zero-order valence-corrected chi connectivity index (χ0v) is 9.51. The highest BCUT2D eigenvalue weighted by atomic mass is 14.9. The van der Waals surface area contributed by atoms with E-state index in [1.54, 1.807) is 0 Å². The van der Waals surface area contributed by atoms with Crippen molar-refractivity contribution >= 4 is 0 Å². The fourth-order valence-corrected chi connectivity index (χ4v) is 1.86. The molecule has 0 spiro atoms. The Labute approximate surface area is 87.5 Å². The zero-order chi connectivity index (χ0) is 10.4. The maximum absolute atomic E-state index is 3.34. The summed E-state index contributed by atoms with van der Waals surface area (Å²) in [5.41, 5.74) is 2.87. The number of nitrogens with one attached hydrogen (secondary N) is 1. The van der Waals surface area contributed by atoms with Gasteiger partial charge in [-0.05, 0) is 31.0 Å². The summed E-state index contributed by atoms with van der Waals surface area (Å²) in [6.07, 6.45) is 3.56. The van der Waals surface area contributed by atoms with Crippen molar-refractivity contribution in [2.75, 3.05) is 7.05 Å². The maximum Gasteiger partial charge on any atom is 0.0314 e. The lowest BCUT2D eigenvalue weighted by Crippen LogP contribution is -2.15.